The molecule has 4 rings (SSSR count). The molecule has 0 saturated carbocycles. The molecule has 0 aliphatic carbocycles. The molecule has 6 nitrogen and oxygen atoms in total. The molecule has 0 fully saturated rings. The number of imide groups is 1. The monoisotopic (exact) mass is 473 g/mol. The molecule has 3 aromatic rings. The number of aryl methyl sites for hydroxylation is 3. The highest BCUT2D eigenvalue weighted by atomic mass is 35.5. The SMILES string of the molecule is Cc1cc(C)c(NC(=O)c2cccc(NC3=C(Cl)C(=O)N(Cc4ccccc4)C3=O)c2)c(C)c1. The van der Waals surface area contributed by atoms with Crippen molar-refractivity contribution in [3.8, 4) is 0 Å². The maximum Gasteiger partial charge on any atom is 0.279 e. The van der Waals surface area contributed by atoms with E-state index in [0.29, 0.717) is 11.3 Å². The van der Waals surface area contributed by atoms with Gasteiger partial charge in [0.25, 0.3) is 17.7 Å². The third kappa shape index (κ3) is 4.72. The third-order valence-electron chi connectivity index (χ3n) is 5.60. The van der Waals surface area contributed by atoms with Crippen molar-refractivity contribution in [1.82, 2.24) is 4.90 Å². The van der Waals surface area contributed by atoms with Gasteiger partial charge in [0.15, 0.2) is 0 Å². The lowest BCUT2D eigenvalue weighted by atomic mass is 10.0. The third-order valence-corrected chi connectivity index (χ3v) is 5.96. The summed E-state index contributed by atoms with van der Waals surface area (Å²) in [4.78, 5) is 39.5. The quantitative estimate of drug-likeness (QED) is 0.476. The molecule has 0 spiro atoms. The van der Waals surface area contributed by atoms with E-state index in [-0.39, 0.29) is 23.2 Å². The van der Waals surface area contributed by atoms with E-state index in [0.717, 1.165) is 32.8 Å². The van der Waals surface area contributed by atoms with E-state index in [2.05, 4.69) is 10.6 Å². The Balaban J connectivity index is 1.51. The standard InChI is InChI=1S/C27H24ClN3O3/c1-16-12-17(2)23(18(3)13-16)30-25(32)20-10-7-11-21(14-20)29-24-22(28)26(33)31(27(24)34)15-19-8-5-4-6-9-19/h4-14,29H,15H2,1-3H3,(H,30,32). The molecule has 34 heavy (non-hydrogen) atoms. The van der Waals surface area contributed by atoms with Gasteiger partial charge in [-0.25, -0.2) is 0 Å². The van der Waals surface area contributed by atoms with Gasteiger partial charge in [0, 0.05) is 16.9 Å². The summed E-state index contributed by atoms with van der Waals surface area (Å²) >= 11 is 6.22. The molecule has 7 heteroatoms. The lowest BCUT2D eigenvalue weighted by Gasteiger charge is -2.15. The van der Waals surface area contributed by atoms with Crippen molar-refractivity contribution in [2.24, 2.45) is 0 Å². The van der Waals surface area contributed by atoms with E-state index < -0.39 is 11.8 Å². The summed E-state index contributed by atoms with van der Waals surface area (Å²) in [6.45, 7) is 6.03. The van der Waals surface area contributed by atoms with Crippen LogP contribution in [-0.2, 0) is 16.1 Å². The Morgan fingerprint density at radius 1 is 0.882 bits per heavy atom. The maximum absolute atomic E-state index is 12.9. The average Bonchev–Trinajstić information content (AvgIpc) is 3.00. The van der Waals surface area contributed by atoms with Crippen molar-refractivity contribution < 1.29 is 14.4 Å². The lowest BCUT2D eigenvalue weighted by molar-refractivity contribution is -0.138. The van der Waals surface area contributed by atoms with Crippen LogP contribution in [0.2, 0.25) is 0 Å². The Kier molecular flexibility index (Phi) is 6.52. The predicted octanol–water partition coefficient (Wildman–Crippen LogP) is 5.30. The van der Waals surface area contributed by atoms with E-state index in [1.807, 2.05) is 63.2 Å². The number of hydrogen-bond donors (Lipinski definition) is 2. The summed E-state index contributed by atoms with van der Waals surface area (Å²) in [6.07, 6.45) is 0. The number of halogens is 1. The average molecular weight is 474 g/mol. The number of hydrogen-bond acceptors (Lipinski definition) is 4. The van der Waals surface area contributed by atoms with Gasteiger partial charge in [0.05, 0.1) is 6.54 Å². The largest absolute Gasteiger partial charge is 0.350 e. The van der Waals surface area contributed by atoms with Crippen molar-refractivity contribution in [3.63, 3.8) is 0 Å². The summed E-state index contributed by atoms with van der Waals surface area (Å²) < 4.78 is 0. The lowest BCUT2D eigenvalue weighted by Crippen LogP contribution is -2.31. The van der Waals surface area contributed by atoms with Crippen LogP contribution in [0.25, 0.3) is 0 Å². The molecular formula is C27H24ClN3O3. The molecule has 0 bridgehead atoms. The van der Waals surface area contributed by atoms with Crippen LogP contribution in [0.3, 0.4) is 0 Å². The highest BCUT2D eigenvalue weighted by molar-refractivity contribution is 6.48. The number of rotatable bonds is 6. The number of nitrogens with one attached hydrogen (secondary N) is 2. The minimum Gasteiger partial charge on any atom is -0.350 e. The first kappa shape index (κ1) is 23.3. The Morgan fingerprint density at radius 2 is 1.56 bits per heavy atom. The van der Waals surface area contributed by atoms with Gasteiger partial charge in [-0.05, 0) is 55.7 Å². The Labute approximate surface area is 203 Å². The number of benzene rings is 3. The molecule has 1 heterocycles. The van der Waals surface area contributed by atoms with Gasteiger partial charge in [0.1, 0.15) is 10.7 Å². The van der Waals surface area contributed by atoms with Gasteiger partial charge in [-0.1, -0.05) is 65.7 Å². The second-order valence-electron chi connectivity index (χ2n) is 8.30. The zero-order chi connectivity index (χ0) is 24.4. The predicted molar refractivity (Wildman–Crippen MR) is 134 cm³/mol. The fourth-order valence-corrected chi connectivity index (χ4v) is 4.24. The molecule has 172 valence electrons. The molecule has 1 aliphatic heterocycles. The van der Waals surface area contributed by atoms with Gasteiger partial charge in [0.2, 0.25) is 0 Å². The highest BCUT2D eigenvalue weighted by Crippen LogP contribution is 2.28. The summed E-state index contributed by atoms with van der Waals surface area (Å²) in [6, 6.07) is 19.9. The molecule has 0 radical (unpaired) electrons. The fraction of sp³-hybridized carbons (Fsp3) is 0.148. The van der Waals surface area contributed by atoms with Crippen molar-refractivity contribution in [1.29, 1.82) is 0 Å². The van der Waals surface area contributed by atoms with Gasteiger partial charge in [-0.2, -0.15) is 0 Å². The molecule has 3 amide bonds. The minimum absolute atomic E-state index is 0.00891. The van der Waals surface area contributed by atoms with E-state index in [4.69, 9.17) is 11.6 Å². The normalized spacial score (nSPS) is 13.5. The highest BCUT2D eigenvalue weighted by Gasteiger charge is 2.37. The summed E-state index contributed by atoms with van der Waals surface area (Å²) in [5.41, 5.74) is 5.53. The molecule has 0 atom stereocenters. The first-order valence-electron chi connectivity index (χ1n) is 10.8. The second kappa shape index (κ2) is 9.53. The Hall–Kier alpha value is -3.90. The molecule has 1 aliphatic rings. The van der Waals surface area contributed by atoms with Crippen LogP contribution in [-0.4, -0.2) is 22.6 Å². The van der Waals surface area contributed by atoms with Crippen LogP contribution < -0.4 is 10.6 Å². The summed E-state index contributed by atoms with van der Waals surface area (Å²) in [7, 11) is 0. The molecule has 0 unspecified atom stereocenters. The van der Waals surface area contributed by atoms with E-state index in [1.54, 1.807) is 24.3 Å². The number of anilines is 2. The summed E-state index contributed by atoms with van der Waals surface area (Å²) in [5.74, 6) is -1.35. The van der Waals surface area contributed by atoms with E-state index >= 15 is 0 Å². The zero-order valence-corrected chi connectivity index (χ0v) is 19.9. The smallest absolute Gasteiger partial charge is 0.279 e. The number of carbonyl (C=O) groups is 3. The summed E-state index contributed by atoms with van der Waals surface area (Å²) in [5, 5.41) is 5.72. The zero-order valence-electron chi connectivity index (χ0n) is 19.1. The molecule has 3 aromatic carbocycles. The molecule has 2 N–H and O–H groups in total. The van der Waals surface area contributed by atoms with Crippen molar-refractivity contribution in [2.45, 2.75) is 27.3 Å². The second-order valence-corrected chi connectivity index (χ2v) is 8.68. The minimum atomic E-state index is -0.558. The van der Waals surface area contributed by atoms with Crippen molar-refractivity contribution in [3.05, 3.63) is 105 Å². The van der Waals surface area contributed by atoms with Gasteiger partial charge < -0.3 is 10.6 Å². The first-order valence-corrected chi connectivity index (χ1v) is 11.2. The Bertz CT molecular complexity index is 1310. The van der Waals surface area contributed by atoms with E-state index in [9.17, 15) is 14.4 Å². The van der Waals surface area contributed by atoms with Crippen LogP contribution in [0.15, 0.2) is 77.5 Å². The maximum atomic E-state index is 12.9. The first-order chi connectivity index (χ1) is 16.2. The molecule has 0 aromatic heterocycles. The Morgan fingerprint density at radius 3 is 2.24 bits per heavy atom. The number of carbonyl (C=O) groups excluding carboxylic acids is 3. The van der Waals surface area contributed by atoms with Gasteiger partial charge in [-0.3, -0.25) is 19.3 Å². The van der Waals surface area contributed by atoms with Crippen LogP contribution in [0.1, 0.15) is 32.6 Å². The van der Waals surface area contributed by atoms with Crippen LogP contribution in [0.4, 0.5) is 11.4 Å². The van der Waals surface area contributed by atoms with Gasteiger partial charge >= 0.3 is 0 Å². The van der Waals surface area contributed by atoms with Crippen LogP contribution >= 0.6 is 11.6 Å². The number of amides is 3. The number of nitrogens with zero attached hydrogens (tertiary/aromatic N) is 1. The van der Waals surface area contributed by atoms with Crippen molar-refractivity contribution in [2.75, 3.05) is 10.6 Å². The molecular weight excluding hydrogens is 450 g/mol. The molecule has 0 saturated heterocycles. The van der Waals surface area contributed by atoms with Crippen LogP contribution in [0.5, 0.6) is 0 Å². The van der Waals surface area contributed by atoms with Gasteiger partial charge in [-0.15, -0.1) is 0 Å². The topological polar surface area (TPSA) is 78.5 Å². The van der Waals surface area contributed by atoms with Crippen LogP contribution in [0, 0.1) is 20.8 Å². The van der Waals surface area contributed by atoms with Crippen molar-refractivity contribution >= 4 is 40.7 Å². The van der Waals surface area contributed by atoms with E-state index in [1.165, 1.54) is 0 Å². The fourth-order valence-electron chi connectivity index (χ4n) is 4.01.